The Morgan fingerprint density at radius 3 is 2.42 bits per heavy atom. The molecular formula is C19H14N2O4S. The number of hydrogen-bond acceptors (Lipinski definition) is 6. The number of hydrogen-bond donors (Lipinski definition) is 1. The van der Waals surface area contributed by atoms with Crippen molar-refractivity contribution in [2.45, 2.75) is 6.92 Å². The highest BCUT2D eigenvalue weighted by Crippen LogP contribution is 2.29. The SMILES string of the molecule is Cc1nc(-c2ccc(O)cc2)sc1C(=O)/C=C/c1ccc([N+](=O)[O-])cc1. The number of nitro groups is 1. The molecule has 130 valence electrons. The van der Waals surface area contributed by atoms with E-state index in [0.29, 0.717) is 21.1 Å². The Labute approximate surface area is 153 Å². The van der Waals surface area contributed by atoms with E-state index in [1.807, 2.05) is 0 Å². The van der Waals surface area contributed by atoms with Gasteiger partial charge in [0.15, 0.2) is 5.78 Å². The van der Waals surface area contributed by atoms with Gasteiger partial charge in [0.05, 0.1) is 15.5 Å². The van der Waals surface area contributed by atoms with Gasteiger partial charge in [-0.3, -0.25) is 14.9 Å². The summed E-state index contributed by atoms with van der Waals surface area (Å²) in [6.45, 7) is 1.77. The molecule has 0 spiro atoms. The van der Waals surface area contributed by atoms with Crippen LogP contribution in [0.3, 0.4) is 0 Å². The first-order valence-electron chi connectivity index (χ1n) is 7.68. The summed E-state index contributed by atoms with van der Waals surface area (Å²) in [7, 11) is 0. The number of ketones is 1. The second kappa shape index (κ2) is 7.28. The summed E-state index contributed by atoms with van der Waals surface area (Å²) in [5.41, 5.74) is 2.17. The first-order chi connectivity index (χ1) is 12.4. The highest BCUT2D eigenvalue weighted by Gasteiger charge is 2.14. The van der Waals surface area contributed by atoms with Crippen LogP contribution in [0.1, 0.15) is 20.9 Å². The number of thiazole rings is 1. The number of aromatic nitrogens is 1. The van der Waals surface area contributed by atoms with Gasteiger partial charge in [0, 0.05) is 17.7 Å². The highest BCUT2D eigenvalue weighted by atomic mass is 32.1. The van der Waals surface area contributed by atoms with Gasteiger partial charge >= 0.3 is 0 Å². The maximum Gasteiger partial charge on any atom is 0.269 e. The lowest BCUT2D eigenvalue weighted by molar-refractivity contribution is -0.384. The van der Waals surface area contributed by atoms with Gasteiger partial charge in [-0.2, -0.15) is 0 Å². The number of carbonyl (C=O) groups excluding carboxylic acids is 1. The Kier molecular flexibility index (Phi) is 4.90. The van der Waals surface area contributed by atoms with E-state index in [0.717, 1.165) is 5.56 Å². The zero-order valence-corrected chi connectivity index (χ0v) is 14.6. The van der Waals surface area contributed by atoms with Crippen molar-refractivity contribution < 1.29 is 14.8 Å². The van der Waals surface area contributed by atoms with Crippen LogP contribution in [0.25, 0.3) is 16.6 Å². The largest absolute Gasteiger partial charge is 0.508 e. The normalized spacial score (nSPS) is 11.0. The molecule has 0 fully saturated rings. The van der Waals surface area contributed by atoms with Gasteiger partial charge in [0.1, 0.15) is 10.8 Å². The molecule has 0 bridgehead atoms. The fraction of sp³-hybridized carbons (Fsp3) is 0.0526. The molecule has 0 atom stereocenters. The number of allylic oxidation sites excluding steroid dienone is 1. The van der Waals surface area contributed by atoms with Gasteiger partial charge in [-0.25, -0.2) is 4.98 Å². The van der Waals surface area contributed by atoms with E-state index in [1.54, 1.807) is 49.4 Å². The summed E-state index contributed by atoms with van der Waals surface area (Å²) in [5, 5.41) is 20.7. The molecule has 0 unspecified atom stereocenters. The van der Waals surface area contributed by atoms with Crippen LogP contribution < -0.4 is 0 Å². The molecule has 3 aromatic rings. The van der Waals surface area contributed by atoms with Crippen molar-refractivity contribution in [2.75, 3.05) is 0 Å². The Bertz CT molecular complexity index is 989. The molecule has 3 rings (SSSR count). The third-order valence-electron chi connectivity index (χ3n) is 3.67. The zero-order valence-electron chi connectivity index (χ0n) is 13.7. The molecule has 6 nitrogen and oxygen atoms in total. The van der Waals surface area contributed by atoms with Crippen LogP contribution in [-0.2, 0) is 0 Å². The quantitative estimate of drug-likeness (QED) is 0.307. The molecule has 0 radical (unpaired) electrons. The van der Waals surface area contributed by atoms with E-state index in [4.69, 9.17) is 0 Å². The van der Waals surface area contributed by atoms with Crippen LogP contribution in [-0.4, -0.2) is 20.8 Å². The first-order valence-corrected chi connectivity index (χ1v) is 8.49. The average molecular weight is 366 g/mol. The van der Waals surface area contributed by atoms with Crippen LogP contribution in [0.4, 0.5) is 5.69 Å². The monoisotopic (exact) mass is 366 g/mol. The van der Waals surface area contributed by atoms with Crippen molar-refractivity contribution in [1.82, 2.24) is 4.98 Å². The molecule has 0 saturated heterocycles. The number of phenols is 1. The number of non-ortho nitro benzene ring substituents is 1. The smallest absolute Gasteiger partial charge is 0.269 e. The van der Waals surface area contributed by atoms with Gasteiger partial charge in [0.25, 0.3) is 5.69 Å². The minimum atomic E-state index is -0.468. The molecule has 7 heteroatoms. The second-order valence-electron chi connectivity index (χ2n) is 5.53. The first kappa shape index (κ1) is 17.5. The number of nitro benzene ring substituents is 1. The Morgan fingerprint density at radius 2 is 1.81 bits per heavy atom. The van der Waals surface area contributed by atoms with E-state index >= 15 is 0 Å². The van der Waals surface area contributed by atoms with Crippen LogP contribution in [0.15, 0.2) is 54.6 Å². The molecule has 0 amide bonds. The summed E-state index contributed by atoms with van der Waals surface area (Å²) in [5.74, 6) is -0.00672. The van der Waals surface area contributed by atoms with Gasteiger partial charge in [-0.1, -0.05) is 6.08 Å². The molecule has 0 aliphatic heterocycles. The summed E-state index contributed by atoms with van der Waals surface area (Å²) in [4.78, 5) is 27.6. The van der Waals surface area contributed by atoms with E-state index in [-0.39, 0.29) is 17.2 Å². The van der Waals surface area contributed by atoms with Gasteiger partial charge in [-0.05, 0) is 55.0 Å². The molecule has 1 heterocycles. The lowest BCUT2D eigenvalue weighted by Crippen LogP contribution is -1.93. The molecule has 1 aromatic heterocycles. The Balaban J connectivity index is 1.79. The highest BCUT2D eigenvalue weighted by molar-refractivity contribution is 7.17. The standard InChI is InChI=1S/C19H14N2O4S/c1-12-18(26-19(20-12)14-5-9-16(22)10-6-14)17(23)11-4-13-2-7-15(8-3-13)21(24)25/h2-11,22H,1H3/b11-4+. The van der Waals surface area contributed by atoms with E-state index in [2.05, 4.69) is 4.98 Å². The van der Waals surface area contributed by atoms with Crippen molar-refractivity contribution in [3.8, 4) is 16.3 Å². The van der Waals surface area contributed by atoms with E-state index in [1.165, 1.54) is 29.5 Å². The van der Waals surface area contributed by atoms with Crippen molar-refractivity contribution >= 4 is 28.9 Å². The molecular weight excluding hydrogens is 352 g/mol. The van der Waals surface area contributed by atoms with E-state index < -0.39 is 4.92 Å². The number of benzene rings is 2. The van der Waals surface area contributed by atoms with Crippen molar-refractivity contribution in [2.24, 2.45) is 0 Å². The zero-order chi connectivity index (χ0) is 18.7. The summed E-state index contributed by atoms with van der Waals surface area (Å²) in [6.07, 6.45) is 3.05. The van der Waals surface area contributed by atoms with Crippen molar-refractivity contribution in [3.63, 3.8) is 0 Å². The Morgan fingerprint density at radius 1 is 1.15 bits per heavy atom. The van der Waals surface area contributed by atoms with Crippen LogP contribution in [0.5, 0.6) is 5.75 Å². The number of nitrogens with zero attached hydrogens (tertiary/aromatic N) is 2. The third kappa shape index (κ3) is 3.84. The topological polar surface area (TPSA) is 93.3 Å². The van der Waals surface area contributed by atoms with Crippen LogP contribution in [0.2, 0.25) is 0 Å². The number of aryl methyl sites for hydroxylation is 1. The predicted octanol–water partition coefficient (Wildman–Crippen LogP) is 4.63. The molecule has 26 heavy (non-hydrogen) atoms. The minimum Gasteiger partial charge on any atom is -0.508 e. The third-order valence-corrected chi connectivity index (χ3v) is 4.89. The molecule has 1 N–H and O–H groups in total. The number of carbonyl (C=O) groups is 1. The lowest BCUT2D eigenvalue weighted by atomic mass is 10.1. The van der Waals surface area contributed by atoms with Gasteiger partial charge < -0.3 is 5.11 Å². The minimum absolute atomic E-state index is 0.00492. The fourth-order valence-corrected chi connectivity index (χ4v) is 3.30. The molecule has 0 aliphatic carbocycles. The average Bonchev–Trinajstić information content (AvgIpc) is 3.02. The van der Waals surface area contributed by atoms with Gasteiger partial charge in [0.2, 0.25) is 0 Å². The number of rotatable bonds is 5. The van der Waals surface area contributed by atoms with Crippen LogP contribution >= 0.6 is 11.3 Å². The summed E-state index contributed by atoms with van der Waals surface area (Å²) in [6, 6.07) is 12.6. The molecule has 0 aliphatic rings. The van der Waals surface area contributed by atoms with Crippen LogP contribution in [0, 0.1) is 17.0 Å². The second-order valence-corrected chi connectivity index (χ2v) is 6.53. The maximum atomic E-state index is 12.4. The number of aromatic hydroxyl groups is 1. The van der Waals surface area contributed by atoms with Gasteiger partial charge in [-0.15, -0.1) is 11.3 Å². The summed E-state index contributed by atoms with van der Waals surface area (Å²) < 4.78 is 0. The number of phenolic OH excluding ortho intramolecular Hbond substituents is 1. The summed E-state index contributed by atoms with van der Waals surface area (Å²) >= 11 is 1.29. The molecule has 0 saturated carbocycles. The van der Waals surface area contributed by atoms with Crippen molar-refractivity contribution in [1.29, 1.82) is 0 Å². The lowest BCUT2D eigenvalue weighted by Gasteiger charge is -1.95. The maximum absolute atomic E-state index is 12.4. The predicted molar refractivity (Wildman–Crippen MR) is 100 cm³/mol. The van der Waals surface area contributed by atoms with Crippen molar-refractivity contribution in [3.05, 3.63) is 80.9 Å². The Hall–Kier alpha value is -3.32. The van der Waals surface area contributed by atoms with E-state index in [9.17, 15) is 20.0 Å². The fourth-order valence-electron chi connectivity index (χ4n) is 2.31. The molecule has 2 aromatic carbocycles.